The second-order valence-corrected chi connectivity index (χ2v) is 5.46. The first kappa shape index (κ1) is 15.9. The van der Waals surface area contributed by atoms with Crippen LogP contribution in [0.1, 0.15) is 11.1 Å². The lowest BCUT2D eigenvalue weighted by Gasteiger charge is -2.10. The van der Waals surface area contributed by atoms with Gasteiger partial charge in [-0.25, -0.2) is 0 Å². The van der Waals surface area contributed by atoms with Crippen molar-refractivity contribution in [2.24, 2.45) is 0 Å². The molecular formula is C19H21N3O2. The van der Waals surface area contributed by atoms with Crippen LogP contribution >= 0.6 is 0 Å². The first-order valence-electron chi connectivity index (χ1n) is 7.79. The lowest BCUT2D eigenvalue weighted by Crippen LogP contribution is -2.01. The number of ether oxygens (including phenoxy) is 2. The van der Waals surface area contributed by atoms with E-state index in [0.29, 0.717) is 6.54 Å². The number of nitrogens with one attached hydrogen (secondary N) is 1. The van der Waals surface area contributed by atoms with Gasteiger partial charge in [-0.05, 0) is 23.3 Å². The predicted octanol–water partition coefficient (Wildman–Crippen LogP) is 3.56. The normalized spacial score (nSPS) is 10.4. The number of benzene rings is 2. The van der Waals surface area contributed by atoms with Gasteiger partial charge in [-0.2, -0.15) is 5.10 Å². The molecule has 0 unspecified atom stereocenters. The second kappa shape index (κ2) is 7.55. The number of aromatic nitrogens is 2. The molecule has 3 aromatic rings. The van der Waals surface area contributed by atoms with Gasteiger partial charge in [-0.3, -0.25) is 4.68 Å². The molecule has 5 heteroatoms. The summed E-state index contributed by atoms with van der Waals surface area (Å²) in [7, 11) is 3.28. The zero-order chi connectivity index (χ0) is 16.8. The Kier molecular flexibility index (Phi) is 5.01. The molecule has 1 aromatic heterocycles. The first-order valence-corrected chi connectivity index (χ1v) is 7.79. The molecule has 0 fully saturated rings. The zero-order valence-electron chi connectivity index (χ0n) is 13.9. The predicted molar refractivity (Wildman–Crippen MR) is 94.6 cm³/mol. The van der Waals surface area contributed by atoms with Gasteiger partial charge in [0.05, 0.1) is 32.6 Å². The number of hydrogen-bond donors (Lipinski definition) is 1. The van der Waals surface area contributed by atoms with Gasteiger partial charge in [0.25, 0.3) is 0 Å². The lowest BCUT2D eigenvalue weighted by molar-refractivity contribution is 0.354. The van der Waals surface area contributed by atoms with Crippen LogP contribution in [0.25, 0.3) is 0 Å². The molecule has 2 aromatic carbocycles. The maximum atomic E-state index is 5.33. The number of nitrogens with zero attached hydrogens (tertiary/aromatic N) is 2. The Bertz CT molecular complexity index is 784. The van der Waals surface area contributed by atoms with Crippen LogP contribution in [0.4, 0.5) is 5.69 Å². The smallest absolute Gasteiger partial charge is 0.161 e. The van der Waals surface area contributed by atoms with E-state index in [1.165, 1.54) is 5.56 Å². The number of methoxy groups -OCH3 is 2. The molecule has 3 rings (SSSR count). The SMILES string of the molecule is COc1ccc(CNc2cnn(Cc3ccccc3)c2)cc1OC. The minimum Gasteiger partial charge on any atom is -0.493 e. The monoisotopic (exact) mass is 323 g/mol. The third-order valence-corrected chi connectivity index (χ3v) is 3.77. The van der Waals surface area contributed by atoms with E-state index in [0.717, 1.165) is 29.3 Å². The Morgan fingerprint density at radius 3 is 2.50 bits per heavy atom. The van der Waals surface area contributed by atoms with Crippen molar-refractivity contribution >= 4 is 5.69 Å². The Balaban J connectivity index is 1.61. The van der Waals surface area contributed by atoms with E-state index in [9.17, 15) is 0 Å². The lowest BCUT2D eigenvalue weighted by atomic mass is 10.2. The van der Waals surface area contributed by atoms with Crippen LogP contribution in [0, 0.1) is 0 Å². The van der Waals surface area contributed by atoms with Gasteiger partial charge in [-0.1, -0.05) is 36.4 Å². The molecule has 0 aliphatic rings. The Morgan fingerprint density at radius 2 is 1.75 bits per heavy atom. The molecule has 124 valence electrons. The molecule has 0 radical (unpaired) electrons. The van der Waals surface area contributed by atoms with E-state index in [-0.39, 0.29) is 0 Å². The molecule has 1 heterocycles. The molecule has 24 heavy (non-hydrogen) atoms. The maximum Gasteiger partial charge on any atom is 0.161 e. The highest BCUT2D eigenvalue weighted by Crippen LogP contribution is 2.27. The molecule has 0 saturated carbocycles. The minimum atomic E-state index is 0.692. The van der Waals surface area contributed by atoms with Crippen molar-refractivity contribution in [3.05, 3.63) is 72.1 Å². The number of hydrogen-bond acceptors (Lipinski definition) is 4. The number of anilines is 1. The highest BCUT2D eigenvalue weighted by atomic mass is 16.5. The van der Waals surface area contributed by atoms with Crippen molar-refractivity contribution in [3.63, 3.8) is 0 Å². The standard InChI is InChI=1S/C19H21N3O2/c1-23-18-9-8-16(10-19(18)24-2)11-20-17-12-21-22(14-17)13-15-6-4-3-5-7-15/h3-10,12,14,20H,11,13H2,1-2H3. The summed E-state index contributed by atoms with van der Waals surface area (Å²) >= 11 is 0. The largest absolute Gasteiger partial charge is 0.493 e. The van der Waals surface area contributed by atoms with Crippen molar-refractivity contribution in [2.75, 3.05) is 19.5 Å². The van der Waals surface area contributed by atoms with Crippen LogP contribution in [-0.4, -0.2) is 24.0 Å². The summed E-state index contributed by atoms with van der Waals surface area (Å²) in [5.74, 6) is 1.47. The molecule has 0 atom stereocenters. The minimum absolute atomic E-state index is 0.692. The average molecular weight is 323 g/mol. The van der Waals surface area contributed by atoms with E-state index in [1.54, 1.807) is 14.2 Å². The fourth-order valence-electron chi connectivity index (χ4n) is 2.51. The fraction of sp³-hybridized carbons (Fsp3) is 0.211. The van der Waals surface area contributed by atoms with Crippen molar-refractivity contribution in [1.82, 2.24) is 9.78 Å². The third kappa shape index (κ3) is 3.87. The quantitative estimate of drug-likeness (QED) is 0.722. The molecule has 1 N–H and O–H groups in total. The van der Waals surface area contributed by atoms with Gasteiger partial charge in [0, 0.05) is 12.7 Å². The number of rotatable bonds is 7. The summed E-state index contributed by atoms with van der Waals surface area (Å²) in [5, 5.41) is 7.77. The van der Waals surface area contributed by atoms with Crippen LogP contribution in [0.3, 0.4) is 0 Å². The van der Waals surface area contributed by atoms with Gasteiger partial charge in [-0.15, -0.1) is 0 Å². The Hall–Kier alpha value is -2.95. The van der Waals surface area contributed by atoms with E-state index >= 15 is 0 Å². The van der Waals surface area contributed by atoms with Crippen molar-refractivity contribution in [2.45, 2.75) is 13.1 Å². The van der Waals surface area contributed by atoms with E-state index < -0.39 is 0 Å². The van der Waals surface area contributed by atoms with Gasteiger partial charge in [0.1, 0.15) is 0 Å². The fourth-order valence-corrected chi connectivity index (χ4v) is 2.51. The maximum absolute atomic E-state index is 5.33. The highest BCUT2D eigenvalue weighted by Gasteiger charge is 2.05. The Morgan fingerprint density at radius 1 is 0.958 bits per heavy atom. The summed E-state index contributed by atoms with van der Waals surface area (Å²) in [6.07, 6.45) is 3.84. The molecule has 0 spiro atoms. The molecule has 0 aliphatic carbocycles. The first-order chi connectivity index (χ1) is 11.8. The van der Waals surface area contributed by atoms with Crippen molar-refractivity contribution in [1.29, 1.82) is 0 Å². The van der Waals surface area contributed by atoms with Crippen LogP contribution in [0.15, 0.2) is 60.9 Å². The van der Waals surface area contributed by atoms with Crippen LogP contribution < -0.4 is 14.8 Å². The summed E-state index contributed by atoms with van der Waals surface area (Å²) in [5.41, 5.74) is 3.33. The molecule has 5 nitrogen and oxygen atoms in total. The Labute approximate surface area is 141 Å². The summed E-state index contributed by atoms with van der Waals surface area (Å²) in [6.45, 7) is 1.45. The topological polar surface area (TPSA) is 48.3 Å². The molecule has 0 amide bonds. The van der Waals surface area contributed by atoms with Crippen molar-refractivity contribution < 1.29 is 9.47 Å². The van der Waals surface area contributed by atoms with E-state index in [4.69, 9.17) is 9.47 Å². The van der Waals surface area contributed by atoms with Crippen molar-refractivity contribution in [3.8, 4) is 11.5 Å². The zero-order valence-corrected chi connectivity index (χ0v) is 13.9. The van der Waals surface area contributed by atoms with Gasteiger partial charge in [0.15, 0.2) is 11.5 Å². The molecule has 0 saturated heterocycles. The second-order valence-electron chi connectivity index (χ2n) is 5.46. The highest BCUT2D eigenvalue weighted by molar-refractivity contribution is 5.45. The third-order valence-electron chi connectivity index (χ3n) is 3.77. The van der Waals surface area contributed by atoms with Crippen LogP contribution in [0.5, 0.6) is 11.5 Å². The molecule has 0 aliphatic heterocycles. The summed E-state index contributed by atoms with van der Waals surface area (Å²) in [6, 6.07) is 16.2. The summed E-state index contributed by atoms with van der Waals surface area (Å²) < 4.78 is 12.5. The van der Waals surface area contributed by atoms with Crippen LogP contribution in [0.2, 0.25) is 0 Å². The van der Waals surface area contributed by atoms with Crippen LogP contribution in [-0.2, 0) is 13.1 Å². The van der Waals surface area contributed by atoms with E-state index in [2.05, 4.69) is 22.5 Å². The molecular weight excluding hydrogens is 302 g/mol. The van der Waals surface area contributed by atoms with Gasteiger partial charge in [0.2, 0.25) is 0 Å². The molecule has 0 bridgehead atoms. The van der Waals surface area contributed by atoms with Gasteiger partial charge < -0.3 is 14.8 Å². The summed E-state index contributed by atoms with van der Waals surface area (Å²) in [4.78, 5) is 0. The average Bonchev–Trinajstić information content (AvgIpc) is 3.08. The van der Waals surface area contributed by atoms with Gasteiger partial charge >= 0.3 is 0 Å². The van der Waals surface area contributed by atoms with E-state index in [1.807, 2.05) is 53.5 Å².